The lowest BCUT2D eigenvalue weighted by Crippen LogP contribution is -2.05. The van der Waals surface area contributed by atoms with Gasteiger partial charge in [0.05, 0.1) is 6.20 Å². The topological polar surface area (TPSA) is 52.1 Å². The molecule has 1 aliphatic carbocycles. The molecule has 0 N–H and O–H groups in total. The molecular weight excluding hydrogens is 276 g/mol. The van der Waals surface area contributed by atoms with Gasteiger partial charge in [0, 0.05) is 24.7 Å². The zero-order chi connectivity index (χ0) is 15.4. The highest BCUT2D eigenvalue weighted by Crippen LogP contribution is 2.27. The van der Waals surface area contributed by atoms with Crippen molar-refractivity contribution >= 4 is 5.78 Å². The minimum atomic E-state index is -0.0569. The van der Waals surface area contributed by atoms with Crippen molar-refractivity contribution in [3.8, 4) is 5.75 Å². The van der Waals surface area contributed by atoms with Crippen LogP contribution in [0.4, 0.5) is 0 Å². The summed E-state index contributed by atoms with van der Waals surface area (Å²) in [6.45, 7) is 1.49. The lowest BCUT2D eigenvalue weighted by molar-refractivity contribution is 0.101. The number of hydrogen-bond donors (Lipinski definition) is 0. The summed E-state index contributed by atoms with van der Waals surface area (Å²) in [7, 11) is 0. The summed E-state index contributed by atoms with van der Waals surface area (Å²) in [6, 6.07) is 9.33. The monoisotopic (exact) mass is 292 g/mol. The Morgan fingerprint density at radius 2 is 2.14 bits per heavy atom. The molecule has 3 rings (SSSR count). The molecule has 2 aromatic rings. The molecule has 2 heterocycles. The maximum absolute atomic E-state index is 11.2. The lowest BCUT2D eigenvalue weighted by Gasteiger charge is -2.16. The Balaban J connectivity index is 1.75. The summed E-state index contributed by atoms with van der Waals surface area (Å²) in [5, 5.41) is 0. The number of pyridine rings is 2. The van der Waals surface area contributed by atoms with Gasteiger partial charge in [-0.1, -0.05) is 12.1 Å². The van der Waals surface area contributed by atoms with Crippen LogP contribution < -0.4 is 4.74 Å². The van der Waals surface area contributed by atoms with E-state index in [-0.39, 0.29) is 11.7 Å². The number of ketones is 1. The first-order chi connectivity index (χ1) is 10.7. The second-order valence-electron chi connectivity index (χ2n) is 5.11. The number of rotatable bonds is 4. The number of nitrogens with zero attached hydrogens (tertiary/aromatic N) is 2. The van der Waals surface area contributed by atoms with Crippen LogP contribution in [0.1, 0.15) is 35.4 Å². The number of aromatic nitrogens is 2. The van der Waals surface area contributed by atoms with Crippen molar-refractivity contribution < 1.29 is 9.53 Å². The number of allylic oxidation sites excluding steroid dienone is 3. The molecule has 22 heavy (non-hydrogen) atoms. The van der Waals surface area contributed by atoms with Crippen molar-refractivity contribution in [2.75, 3.05) is 0 Å². The maximum atomic E-state index is 11.2. The van der Waals surface area contributed by atoms with Crippen molar-refractivity contribution in [3.05, 3.63) is 78.1 Å². The molecule has 1 unspecified atom stereocenters. The predicted octanol–water partition coefficient (Wildman–Crippen LogP) is 3.69. The van der Waals surface area contributed by atoms with Crippen molar-refractivity contribution in [1.29, 1.82) is 0 Å². The fourth-order valence-electron chi connectivity index (χ4n) is 2.31. The molecular formula is C18H16N2O2. The van der Waals surface area contributed by atoms with E-state index >= 15 is 0 Å². The number of carbonyl (C=O) groups excluding carboxylic acids is 1. The number of Topliss-reactive ketones (excluding diaryl/α,β-unsaturated/α-hetero) is 1. The summed E-state index contributed by atoms with van der Waals surface area (Å²) in [5.74, 6) is 1.53. The fourth-order valence-corrected chi connectivity index (χ4v) is 2.31. The van der Waals surface area contributed by atoms with Crippen LogP contribution >= 0.6 is 0 Å². The lowest BCUT2D eigenvalue weighted by atomic mass is 9.96. The standard InChI is InChI=1S/C18H16N2O2/c1-13(21)17-9-8-16(12-20-17)22-15-6-4-5-14(11-15)18-7-2-3-10-19-18/h2-4,6-12,14H,5H2,1H3. The van der Waals surface area contributed by atoms with E-state index in [0.717, 1.165) is 17.9 Å². The molecule has 0 aliphatic heterocycles. The van der Waals surface area contributed by atoms with Crippen LogP contribution in [0.15, 0.2) is 66.7 Å². The zero-order valence-electron chi connectivity index (χ0n) is 12.3. The Hall–Kier alpha value is -2.75. The molecule has 4 heteroatoms. The Morgan fingerprint density at radius 1 is 1.23 bits per heavy atom. The van der Waals surface area contributed by atoms with E-state index in [1.807, 2.05) is 24.3 Å². The van der Waals surface area contributed by atoms with E-state index in [2.05, 4.69) is 22.1 Å². The molecule has 4 nitrogen and oxygen atoms in total. The molecule has 110 valence electrons. The van der Waals surface area contributed by atoms with Gasteiger partial charge in [-0.05, 0) is 42.8 Å². The molecule has 0 bridgehead atoms. The van der Waals surface area contributed by atoms with Crippen LogP contribution in [0.2, 0.25) is 0 Å². The fraction of sp³-hybridized carbons (Fsp3) is 0.167. The average Bonchev–Trinajstić information content (AvgIpc) is 2.56. The van der Waals surface area contributed by atoms with Gasteiger partial charge >= 0.3 is 0 Å². The molecule has 0 spiro atoms. The van der Waals surface area contributed by atoms with E-state index in [0.29, 0.717) is 11.4 Å². The van der Waals surface area contributed by atoms with E-state index in [1.54, 1.807) is 24.5 Å². The molecule has 2 aromatic heterocycles. The molecule has 0 saturated heterocycles. The normalized spacial score (nSPS) is 17.0. The van der Waals surface area contributed by atoms with Gasteiger partial charge in [-0.25, -0.2) is 4.98 Å². The van der Waals surface area contributed by atoms with Gasteiger partial charge in [0.1, 0.15) is 17.2 Å². The third-order valence-electron chi connectivity index (χ3n) is 3.44. The van der Waals surface area contributed by atoms with Crippen molar-refractivity contribution in [1.82, 2.24) is 9.97 Å². The van der Waals surface area contributed by atoms with Crippen molar-refractivity contribution in [3.63, 3.8) is 0 Å². The number of ether oxygens (including phenoxy) is 1. The third kappa shape index (κ3) is 3.28. The summed E-state index contributed by atoms with van der Waals surface area (Å²) in [5.41, 5.74) is 1.46. The van der Waals surface area contributed by atoms with Gasteiger partial charge in [-0.3, -0.25) is 9.78 Å². The van der Waals surface area contributed by atoms with Crippen LogP contribution in [0.5, 0.6) is 5.75 Å². The van der Waals surface area contributed by atoms with Gasteiger partial charge in [-0.2, -0.15) is 0 Å². The van der Waals surface area contributed by atoms with Crippen molar-refractivity contribution in [2.45, 2.75) is 19.3 Å². The van der Waals surface area contributed by atoms with E-state index in [4.69, 9.17) is 4.74 Å². The average molecular weight is 292 g/mol. The van der Waals surface area contributed by atoms with Gasteiger partial charge in [0.15, 0.2) is 5.78 Å². The second-order valence-corrected chi connectivity index (χ2v) is 5.11. The molecule has 0 aromatic carbocycles. The van der Waals surface area contributed by atoms with Crippen molar-refractivity contribution in [2.24, 2.45) is 0 Å². The van der Waals surface area contributed by atoms with Crippen LogP contribution in [0, 0.1) is 0 Å². The summed E-state index contributed by atoms with van der Waals surface area (Å²) >= 11 is 0. The molecule has 0 amide bonds. The predicted molar refractivity (Wildman–Crippen MR) is 83.7 cm³/mol. The Labute approximate surface area is 129 Å². The quantitative estimate of drug-likeness (QED) is 0.806. The molecule has 0 radical (unpaired) electrons. The first kappa shape index (κ1) is 14.2. The molecule has 1 aliphatic rings. The zero-order valence-corrected chi connectivity index (χ0v) is 12.3. The Morgan fingerprint density at radius 3 is 2.82 bits per heavy atom. The Kier molecular flexibility index (Phi) is 4.10. The van der Waals surface area contributed by atoms with Gasteiger partial charge in [-0.15, -0.1) is 0 Å². The maximum Gasteiger partial charge on any atom is 0.178 e. The highest BCUT2D eigenvalue weighted by atomic mass is 16.5. The summed E-state index contributed by atoms with van der Waals surface area (Å²) in [4.78, 5) is 19.7. The summed E-state index contributed by atoms with van der Waals surface area (Å²) < 4.78 is 5.81. The van der Waals surface area contributed by atoms with Crippen LogP contribution in [0.25, 0.3) is 0 Å². The smallest absolute Gasteiger partial charge is 0.178 e. The molecule has 0 saturated carbocycles. The summed E-state index contributed by atoms with van der Waals surface area (Å²) in [6.07, 6.45) is 10.3. The number of carbonyl (C=O) groups is 1. The molecule has 1 atom stereocenters. The highest BCUT2D eigenvalue weighted by molar-refractivity contribution is 5.92. The van der Waals surface area contributed by atoms with Gasteiger partial charge in [0.25, 0.3) is 0 Å². The first-order valence-corrected chi connectivity index (χ1v) is 7.16. The highest BCUT2D eigenvalue weighted by Gasteiger charge is 2.14. The van der Waals surface area contributed by atoms with Gasteiger partial charge in [0.2, 0.25) is 0 Å². The number of hydrogen-bond acceptors (Lipinski definition) is 4. The third-order valence-corrected chi connectivity index (χ3v) is 3.44. The SMILES string of the molecule is CC(=O)c1ccc(OC2=CC(c3ccccn3)CC=C2)cn1. The largest absolute Gasteiger partial charge is 0.456 e. The Bertz CT molecular complexity index is 719. The van der Waals surface area contributed by atoms with Gasteiger partial charge < -0.3 is 4.74 Å². The van der Waals surface area contributed by atoms with Crippen LogP contribution in [-0.2, 0) is 0 Å². The minimum Gasteiger partial charge on any atom is -0.456 e. The van der Waals surface area contributed by atoms with Crippen LogP contribution in [0.3, 0.4) is 0 Å². The molecule has 0 fully saturated rings. The van der Waals surface area contributed by atoms with E-state index in [9.17, 15) is 4.79 Å². The minimum absolute atomic E-state index is 0.0569. The van der Waals surface area contributed by atoms with E-state index < -0.39 is 0 Å². The second kappa shape index (κ2) is 6.35. The van der Waals surface area contributed by atoms with E-state index in [1.165, 1.54) is 6.92 Å². The first-order valence-electron chi connectivity index (χ1n) is 7.16. The van der Waals surface area contributed by atoms with Crippen LogP contribution in [-0.4, -0.2) is 15.8 Å².